The number of pyridine rings is 1. The van der Waals surface area contributed by atoms with Gasteiger partial charge in [0, 0.05) is 25.4 Å². The molecule has 0 radical (unpaired) electrons. The second-order valence-corrected chi connectivity index (χ2v) is 3.05. The van der Waals surface area contributed by atoms with Crippen LogP contribution < -0.4 is 5.32 Å². The van der Waals surface area contributed by atoms with Crippen LogP contribution in [0.4, 0.5) is 0 Å². The standard InChI is InChI=1S/C9H12N6/c1-10-5-4-9-12-14-15(13-9)8-2-6-11-7-3-8/h2-3,6-7,10H,4-5H2,1H3. The van der Waals surface area contributed by atoms with Crippen molar-refractivity contribution in [3.63, 3.8) is 0 Å². The highest BCUT2D eigenvalue weighted by Gasteiger charge is 2.03. The molecule has 0 aliphatic rings. The third-order valence-corrected chi connectivity index (χ3v) is 1.95. The van der Waals surface area contributed by atoms with Crippen LogP contribution in [0.25, 0.3) is 5.69 Å². The number of likely N-dealkylation sites (N-methyl/N-ethyl adjacent to an activating group) is 1. The van der Waals surface area contributed by atoms with Gasteiger partial charge < -0.3 is 5.32 Å². The van der Waals surface area contributed by atoms with Crippen molar-refractivity contribution < 1.29 is 0 Å². The van der Waals surface area contributed by atoms with Crippen LogP contribution >= 0.6 is 0 Å². The number of tetrazole rings is 1. The molecule has 6 nitrogen and oxygen atoms in total. The molecule has 0 unspecified atom stereocenters. The van der Waals surface area contributed by atoms with Crippen molar-refractivity contribution in [3.8, 4) is 5.69 Å². The molecule has 0 aliphatic heterocycles. The molecule has 0 amide bonds. The van der Waals surface area contributed by atoms with Crippen molar-refractivity contribution in [1.82, 2.24) is 30.5 Å². The second-order valence-electron chi connectivity index (χ2n) is 3.05. The van der Waals surface area contributed by atoms with Gasteiger partial charge in [-0.25, -0.2) is 0 Å². The minimum absolute atomic E-state index is 0.737. The van der Waals surface area contributed by atoms with E-state index in [0.29, 0.717) is 0 Å². The van der Waals surface area contributed by atoms with Crippen LogP contribution in [0.2, 0.25) is 0 Å². The van der Waals surface area contributed by atoms with Crippen LogP contribution in [0, 0.1) is 0 Å². The molecule has 0 bridgehead atoms. The zero-order chi connectivity index (χ0) is 10.5. The zero-order valence-corrected chi connectivity index (χ0v) is 8.46. The van der Waals surface area contributed by atoms with E-state index in [-0.39, 0.29) is 0 Å². The lowest BCUT2D eigenvalue weighted by atomic mass is 10.4. The molecule has 2 aromatic rings. The largest absolute Gasteiger partial charge is 0.319 e. The number of hydrogen-bond donors (Lipinski definition) is 1. The Labute approximate surface area is 87.3 Å². The number of rotatable bonds is 4. The first-order chi connectivity index (χ1) is 7.40. The summed E-state index contributed by atoms with van der Waals surface area (Å²) >= 11 is 0. The summed E-state index contributed by atoms with van der Waals surface area (Å²) in [6.45, 7) is 0.849. The minimum Gasteiger partial charge on any atom is -0.319 e. The lowest BCUT2D eigenvalue weighted by Crippen LogP contribution is -2.11. The van der Waals surface area contributed by atoms with E-state index in [1.807, 2.05) is 19.2 Å². The quantitative estimate of drug-likeness (QED) is 0.748. The number of nitrogens with zero attached hydrogens (tertiary/aromatic N) is 5. The Morgan fingerprint density at radius 1 is 1.33 bits per heavy atom. The normalized spacial score (nSPS) is 10.5. The molecule has 15 heavy (non-hydrogen) atoms. The van der Waals surface area contributed by atoms with Gasteiger partial charge in [0.05, 0.1) is 5.69 Å². The van der Waals surface area contributed by atoms with Gasteiger partial charge in [0.15, 0.2) is 5.82 Å². The van der Waals surface area contributed by atoms with Gasteiger partial charge in [-0.3, -0.25) is 4.98 Å². The molecule has 6 heteroatoms. The smallest absolute Gasteiger partial charge is 0.176 e. The van der Waals surface area contributed by atoms with Gasteiger partial charge in [-0.05, 0) is 24.4 Å². The Morgan fingerprint density at radius 3 is 2.87 bits per heavy atom. The Bertz CT molecular complexity index is 410. The molecule has 0 aromatic carbocycles. The first kappa shape index (κ1) is 9.72. The molecule has 0 fully saturated rings. The maximum Gasteiger partial charge on any atom is 0.176 e. The first-order valence-corrected chi connectivity index (χ1v) is 4.74. The molecule has 0 aliphatic carbocycles. The van der Waals surface area contributed by atoms with Crippen LogP contribution in [0.5, 0.6) is 0 Å². The molecule has 0 atom stereocenters. The predicted octanol–water partition coefficient (Wildman–Crippen LogP) is -0.181. The van der Waals surface area contributed by atoms with E-state index < -0.39 is 0 Å². The van der Waals surface area contributed by atoms with Crippen molar-refractivity contribution >= 4 is 0 Å². The molecule has 78 valence electrons. The maximum absolute atomic E-state index is 4.24. The monoisotopic (exact) mass is 204 g/mol. The van der Waals surface area contributed by atoms with Crippen molar-refractivity contribution in [2.24, 2.45) is 0 Å². The summed E-state index contributed by atoms with van der Waals surface area (Å²) in [5.41, 5.74) is 0.869. The highest BCUT2D eigenvalue weighted by molar-refractivity contribution is 5.24. The Balaban J connectivity index is 2.14. The summed E-state index contributed by atoms with van der Waals surface area (Å²) in [5, 5.41) is 15.2. The Kier molecular flexibility index (Phi) is 2.99. The third-order valence-electron chi connectivity index (χ3n) is 1.95. The van der Waals surface area contributed by atoms with E-state index in [1.54, 1.807) is 12.4 Å². The summed E-state index contributed by atoms with van der Waals surface area (Å²) in [6, 6.07) is 3.67. The molecular weight excluding hydrogens is 192 g/mol. The molecular formula is C9H12N6. The van der Waals surface area contributed by atoms with Gasteiger partial charge in [0.2, 0.25) is 0 Å². The summed E-state index contributed by atoms with van der Waals surface area (Å²) in [6.07, 6.45) is 4.18. The molecule has 2 aromatic heterocycles. The van der Waals surface area contributed by atoms with E-state index in [4.69, 9.17) is 0 Å². The summed E-state index contributed by atoms with van der Waals surface area (Å²) in [5.74, 6) is 0.737. The van der Waals surface area contributed by atoms with Crippen LogP contribution in [0.15, 0.2) is 24.5 Å². The predicted molar refractivity (Wildman–Crippen MR) is 54.6 cm³/mol. The highest BCUT2D eigenvalue weighted by Crippen LogP contribution is 2.00. The summed E-state index contributed by atoms with van der Waals surface area (Å²) < 4.78 is 0. The van der Waals surface area contributed by atoms with Crippen molar-refractivity contribution in [3.05, 3.63) is 30.4 Å². The van der Waals surface area contributed by atoms with Crippen LogP contribution in [0.1, 0.15) is 5.82 Å². The Hall–Kier alpha value is -1.82. The average Bonchev–Trinajstić information content (AvgIpc) is 2.76. The van der Waals surface area contributed by atoms with Gasteiger partial charge >= 0.3 is 0 Å². The molecule has 0 spiro atoms. The lowest BCUT2D eigenvalue weighted by molar-refractivity contribution is 0.712. The molecule has 0 saturated heterocycles. The Morgan fingerprint density at radius 2 is 2.13 bits per heavy atom. The fourth-order valence-corrected chi connectivity index (χ4v) is 1.17. The van der Waals surface area contributed by atoms with E-state index in [0.717, 1.165) is 24.5 Å². The molecule has 1 N–H and O–H groups in total. The van der Waals surface area contributed by atoms with E-state index in [9.17, 15) is 0 Å². The van der Waals surface area contributed by atoms with Gasteiger partial charge in [0.1, 0.15) is 0 Å². The van der Waals surface area contributed by atoms with Crippen molar-refractivity contribution in [1.29, 1.82) is 0 Å². The zero-order valence-electron chi connectivity index (χ0n) is 8.46. The van der Waals surface area contributed by atoms with Gasteiger partial charge in [-0.1, -0.05) is 0 Å². The van der Waals surface area contributed by atoms with Gasteiger partial charge in [0.25, 0.3) is 0 Å². The average molecular weight is 204 g/mol. The molecule has 0 saturated carbocycles. The third kappa shape index (κ3) is 2.35. The number of hydrogen-bond acceptors (Lipinski definition) is 5. The molecule has 2 rings (SSSR count). The van der Waals surface area contributed by atoms with Gasteiger partial charge in [-0.15, -0.1) is 15.0 Å². The van der Waals surface area contributed by atoms with E-state index in [1.165, 1.54) is 4.80 Å². The number of nitrogens with one attached hydrogen (secondary N) is 1. The van der Waals surface area contributed by atoms with Crippen molar-refractivity contribution in [2.45, 2.75) is 6.42 Å². The second kappa shape index (κ2) is 4.61. The van der Waals surface area contributed by atoms with Crippen LogP contribution in [-0.2, 0) is 6.42 Å². The molecule has 2 heterocycles. The van der Waals surface area contributed by atoms with Gasteiger partial charge in [-0.2, -0.15) is 0 Å². The van der Waals surface area contributed by atoms with Crippen LogP contribution in [0.3, 0.4) is 0 Å². The summed E-state index contributed by atoms with van der Waals surface area (Å²) in [4.78, 5) is 5.43. The topological polar surface area (TPSA) is 68.5 Å². The van der Waals surface area contributed by atoms with Crippen LogP contribution in [-0.4, -0.2) is 38.8 Å². The fourth-order valence-electron chi connectivity index (χ4n) is 1.17. The highest BCUT2D eigenvalue weighted by atomic mass is 15.6. The first-order valence-electron chi connectivity index (χ1n) is 4.74. The number of aromatic nitrogens is 5. The lowest BCUT2D eigenvalue weighted by Gasteiger charge is -1.95. The fraction of sp³-hybridized carbons (Fsp3) is 0.333. The van der Waals surface area contributed by atoms with Crippen molar-refractivity contribution in [2.75, 3.05) is 13.6 Å². The van der Waals surface area contributed by atoms with E-state index >= 15 is 0 Å². The summed E-state index contributed by atoms with van der Waals surface area (Å²) in [7, 11) is 1.90. The maximum atomic E-state index is 4.24. The van der Waals surface area contributed by atoms with E-state index in [2.05, 4.69) is 25.7 Å². The minimum atomic E-state index is 0.737. The SMILES string of the molecule is CNCCc1nnn(-c2ccncc2)n1.